The summed E-state index contributed by atoms with van der Waals surface area (Å²) in [6, 6.07) is 15.4. The third-order valence-electron chi connectivity index (χ3n) is 4.41. The summed E-state index contributed by atoms with van der Waals surface area (Å²) in [6.45, 7) is 1.74. The number of aromatic nitrogens is 2. The summed E-state index contributed by atoms with van der Waals surface area (Å²) in [7, 11) is 0. The maximum atomic E-state index is 12.9. The molecule has 26 heavy (non-hydrogen) atoms. The molecule has 0 unspecified atom stereocenters. The van der Waals surface area contributed by atoms with Crippen molar-refractivity contribution in [2.45, 2.75) is 13.1 Å². The molecule has 2 heterocycles. The Morgan fingerprint density at radius 1 is 1.19 bits per heavy atom. The summed E-state index contributed by atoms with van der Waals surface area (Å²) in [5, 5.41) is 0.641. The summed E-state index contributed by atoms with van der Waals surface area (Å²) in [5.74, 6) is 1.60. The van der Waals surface area contributed by atoms with Crippen molar-refractivity contribution in [3.63, 3.8) is 0 Å². The number of imidazole rings is 1. The molecule has 3 aromatic rings. The Balaban J connectivity index is 1.53. The molecule has 132 valence electrons. The number of hydrogen-bond donors (Lipinski definition) is 0. The monoisotopic (exact) mass is 367 g/mol. The van der Waals surface area contributed by atoms with Crippen LogP contribution in [0.1, 0.15) is 5.56 Å². The van der Waals surface area contributed by atoms with Crippen molar-refractivity contribution in [3.05, 3.63) is 71.5 Å². The van der Waals surface area contributed by atoms with Crippen LogP contribution in [0.2, 0.25) is 5.02 Å². The summed E-state index contributed by atoms with van der Waals surface area (Å²) in [4.78, 5) is 19.1. The SMILES string of the molecule is O=C(Cn1ccnc1-c1ccccc1)N1CCOc2ccc(Cl)cc2C1. The number of amides is 1. The van der Waals surface area contributed by atoms with Crippen LogP contribution >= 0.6 is 11.6 Å². The molecule has 1 aromatic heterocycles. The topological polar surface area (TPSA) is 47.4 Å². The molecule has 6 heteroatoms. The van der Waals surface area contributed by atoms with Crippen molar-refractivity contribution in [2.24, 2.45) is 0 Å². The fourth-order valence-corrected chi connectivity index (χ4v) is 3.30. The van der Waals surface area contributed by atoms with Gasteiger partial charge >= 0.3 is 0 Å². The van der Waals surface area contributed by atoms with Gasteiger partial charge in [-0.05, 0) is 18.2 Å². The van der Waals surface area contributed by atoms with E-state index >= 15 is 0 Å². The van der Waals surface area contributed by atoms with E-state index in [1.54, 1.807) is 17.2 Å². The van der Waals surface area contributed by atoms with E-state index in [1.165, 1.54) is 0 Å². The van der Waals surface area contributed by atoms with Gasteiger partial charge in [0.15, 0.2) is 0 Å². The molecule has 0 fully saturated rings. The highest BCUT2D eigenvalue weighted by Crippen LogP contribution is 2.26. The van der Waals surface area contributed by atoms with Crippen LogP contribution < -0.4 is 4.74 Å². The number of benzene rings is 2. The number of hydrogen-bond acceptors (Lipinski definition) is 3. The lowest BCUT2D eigenvalue weighted by atomic mass is 10.2. The Morgan fingerprint density at radius 3 is 2.88 bits per heavy atom. The van der Waals surface area contributed by atoms with Crippen molar-refractivity contribution < 1.29 is 9.53 Å². The van der Waals surface area contributed by atoms with Gasteiger partial charge in [-0.3, -0.25) is 4.79 Å². The van der Waals surface area contributed by atoms with E-state index in [4.69, 9.17) is 16.3 Å². The van der Waals surface area contributed by atoms with Crippen LogP contribution in [0, 0.1) is 0 Å². The number of halogens is 1. The van der Waals surface area contributed by atoms with Gasteiger partial charge in [0.2, 0.25) is 5.91 Å². The first-order chi connectivity index (χ1) is 12.7. The third-order valence-corrected chi connectivity index (χ3v) is 4.64. The number of ether oxygens (including phenoxy) is 1. The highest BCUT2D eigenvalue weighted by Gasteiger charge is 2.21. The predicted molar refractivity (Wildman–Crippen MR) is 100 cm³/mol. The van der Waals surface area contributed by atoms with Crippen LogP contribution in [0.15, 0.2) is 60.9 Å². The van der Waals surface area contributed by atoms with Gasteiger partial charge in [-0.1, -0.05) is 41.9 Å². The molecule has 1 aliphatic rings. The first-order valence-corrected chi connectivity index (χ1v) is 8.84. The second-order valence-corrected chi connectivity index (χ2v) is 6.60. The molecule has 2 aromatic carbocycles. The van der Waals surface area contributed by atoms with Gasteiger partial charge in [0.1, 0.15) is 24.7 Å². The molecule has 0 spiro atoms. The van der Waals surface area contributed by atoms with Gasteiger partial charge in [-0.15, -0.1) is 0 Å². The van der Waals surface area contributed by atoms with Gasteiger partial charge in [0.25, 0.3) is 0 Å². The number of carbonyl (C=O) groups excluding carboxylic acids is 1. The standard InChI is InChI=1S/C20H18ClN3O2/c21-17-6-7-18-16(12-17)13-23(10-11-26-18)19(25)14-24-9-8-22-20(24)15-4-2-1-3-5-15/h1-9,12H,10-11,13-14H2. The number of fused-ring (bicyclic) bond motifs is 1. The Hall–Kier alpha value is -2.79. The molecule has 0 radical (unpaired) electrons. The predicted octanol–water partition coefficient (Wildman–Crippen LogP) is 3.62. The number of rotatable bonds is 3. The van der Waals surface area contributed by atoms with E-state index < -0.39 is 0 Å². The van der Waals surface area contributed by atoms with Gasteiger partial charge in [0.05, 0.1) is 6.54 Å². The lowest BCUT2D eigenvalue weighted by Crippen LogP contribution is -2.35. The Bertz CT molecular complexity index is 924. The maximum absolute atomic E-state index is 12.9. The first-order valence-electron chi connectivity index (χ1n) is 8.46. The summed E-state index contributed by atoms with van der Waals surface area (Å²) in [6.07, 6.45) is 3.55. The smallest absolute Gasteiger partial charge is 0.242 e. The zero-order valence-corrected chi connectivity index (χ0v) is 14.9. The average Bonchev–Trinajstić information content (AvgIpc) is 3.00. The summed E-state index contributed by atoms with van der Waals surface area (Å²) >= 11 is 6.09. The van der Waals surface area contributed by atoms with E-state index in [-0.39, 0.29) is 12.5 Å². The fourth-order valence-electron chi connectivity index (χ4n) is 3.11. The van der Waals surface area contributed by atoms with E-state index in [0.717, 1.165) is 22.7 Å². The van der Waals surface area contributed by atoms with Crippen molar-refractivity contribution in [1.29, 1.82) is 0 Å². The Kier molecular flexibility index (Phi) is 4.63. The molecule has 0 aliphatic carbocycles. The molecule has 0 saturated heterocycles. The second-order valence-electron chi connectivity index (χ2n) is 6.16. The average molecular weight is 368 g/mol. The second kappa shape index (κ2) is 7.22. The van der Waals surface area contributed by atoms with Gasteiger partial charge in [-0.2, -0.15) is 0 Å². The maximum Gasteiger partial charge on any atom is 0.242 e. The highest BCUT2D eigenvalue weighted by atomic mass is 35.5. The first kappa shape index (κ1) is 16.7. The van der Waals surface area contributed by atoms with Crippen LogP contribution in [-0.4, -0.2) is 33.5 Å². The minimum absolute atomic E-state index is 0.0246. The van der Waals surface area contributed by atoms with Gasteiger partial charge < -0.3 is 14.2 Å². The quantitative estimate of drug-likeness (QED) is 0.710. The minimum Gasteiger partial charge on any atom is -0.491 e. The van der Waals surface area contributed by atoms with Crippen molar-refractivity contribution in [3.8, 4) is 17.1 Å². The molecule has 0 saturated carbocycles. The zero-order valence-electron chi connectivity index (χ0n) is 14.1. The van der Waals surface area contributed by atoms with Crippen molar-refractivity contribution in [1.82, 2.24) is 14.5 Å². The lowest BCUT2D eigenvalue weighted by Gasteiger charge is -2.20. The minimum atomic E-state index is 0.0246. The molecular formula is C20H18ClN3O2. The van der Waals surface area contributed by atoms with Crippen LogP contribution in [-0.2, 0) is 17.9 Å². The molecule has 5 nitrogen and oxygen atoms in total. The molecular weight excluding hydrogens is 350 g/mol. The van der Waals surface area contributed by atoms with E-state index in [1.807, 2.05) is 53.2 Å². The molecule has 0 N–H and O–H groups in total. The third kappa shape index (κ3) is 3.44. The normalized spacial score (nSPS) is 13.7. The Labute approximate surface area is 156 Å². The largest absolute Gasteiger partial charge is 0.491 e. The molecule has 1 amide bonds. The van der Waals surface area contributed by atoms with Gasteiger partial charge in [-0.25, -0.2) is 4.98 Å². The van der Waals surface area contributed by atoms with E-state index in [2.05, 4.69) is 4.98 Å². The van der Waals surface area contributed by atoms with Crippen molar-refractivity contribution >= 4 is 17.5 Å². The molecule has 0 atom stereocenters. The van der Waals surface area contributed by atoms with E-state index in [9.17, 15) is 4.79 Å². The Morgan fingerprint density at radius 2 is 2.04 bits per heavy atom. The van der Waals surface area contributed by atoms with Crippen LogP contribution in [0.5, 0.6) is 5.75 Å². The summed E-state index contributed by atoms with van der Waals surface area (Å²) < 4.78 is 7.62. The molecule has 1 aliphatic heterocycles. The zero-order chi connectivity index (χ0) is 17.9. The number of carbonyl (C=O) groups is 1. The number of nitrogens with zero attached hydrogens (tertiary/aromatic N) is 3. The lowest BCUT2D eigenvalue weighted by molar-refractivity contribution is -0.132. The van der Waals surface area contributed by atoms with Crippen LogP contribution in [0.25, 0.3) is 11.4 Å². The highest BCUT2D eigenvalue weighted by molar-refractivity contribution is 6.30. The van der Waals surface area contributed by atoms with E-state index in [0.29, 0.717) is 24.7 Å². The van der Waals surface area contributed by atoms with Crippen LogP contribution in [0.3, 0.4) is 0 Å². The van der Waals surface area contributed by atoms with Crippen LogP contribution in [0.4, 0.5) is 0 Å². The summed E-state index contributed by atoms with van der Waals surface area (Å²) in [5.41, 5.74) is 1.92. The molecule has 0 bridgehead atoms. The van der Waals surface area contributed by atoms with Crippen molar-refractivity contribution in [2.75, 3.05) is 13.2 Å². The molecule has 4 rings (SSSR count). The fraction of sp³-hybridized carbons (Fsp3) is 0.200. The van der Waals surface area contributed by atoms with Gasteiger partial charge in [0, 0.05) is 35.1 Å².